The van der Waals surface area contributed by atoms with Gasteiger partial charge in [-0.1, -0.05) is 23.7 Å². The number of hydrogen-bond acceptors (Lipinski definition) is 4. The molecule has 2 aromatic rings. The lowest BCUT2D eigenvalue weighted by molar-refractivity contribution is -0.117. The number of anilines is 1. The fourth-order valence-corrected chi connectivity index (χ4v) is 3.93. The maximum atomic E-state index is 12.2. The van der Waals surface area contributed by atoms with Crippen LogP contribution in [0.3, 0.4) is 0 Å². The van der Waals surface area contributed by atoms with Gasteiger partial charge in [0.1, 0.15) is 0 Å². The van der Waals surface area contributed by atoms with Gasteiger partial charge in [0.25, 0.3) is 0 Å². The van der Waals surface area contributed by atoms with E-state index in [1.165, 1.54) is 29.8 Å². The number of primary sulfonamides is 1. The standard InChI is InChI=1S/C19H22ClN3O3S/c20-16-3-1-14(2-4-16)15-9-11-23(12-10-15)13-19(24)22-17-5-7-18(8-6-17)27(21,25)26/h1-8,15H,9-13H2,(H,22,24)(H2,21,25,26). The molecule has 0 radical (unpaired) electrons. The average molecular weight is 408 g/mol. The molecule has 3 rings (SSSR count). The van der Waals surface area contributed by atoms with Crippen molar-refractivity contribution in [3.63, 3.8) is 0 Å². The molecule has 0 saturated carbocycles. The minimum atomic E-state index is -3.73. The van der Waals surface area contributed by atoms with E-state index in [1.807, 2.05) is 12.1 Å². The lowest BCUT2D eigenvalue weighted by Crippen LogP contribution is -2.38. The predicted octanol–water partition coefficient (Wildman–Crippen LogP) is 2.81. The van der Waals surface area contributed by atoms with Gasteiger partial charge in [0, 0.05) is 10.7 Å². The number of halogens is 1. The minimum absolute atomic E-state index is 0.0183. The third-order valence-corrected chi connectivity index (χ3v) is 5.94. The zero-order chi connectivity index (χ0) is 19.4. The Hall–Kier alpha value is -1.93. The van der Waals surface area contributed by atoms with Gasteiger partial charge in [0.15, 0.2) is 0 Å². The van der Waals surface area contributed by atoms with Gasteiger partial charge in [-0.15, -0.1) is 0 Å². The van der Waals surface area contributed by atoms with E-state index in [4.69, 9.17) is 16.7 Å². The summed E-state index contributed by atoms with van der Waals surface area (Å²) in [6.45, 7) is 2.01. The second-order valence-electron chi connectivity index (χ2n) is 6.72. The topological polar surface area (TPSA) is 92.5 Å². The molecule has 144 valence electrons. The number of nitrogens with zero attached hydrogens (tertiary/aromatic N) is 1. The minimum Gasteiger partial charge on any atom is -0.325 e. The molecule has 0 spiro atoms. The summed E-state index contributed by atoms with van der Waals surface area (Å²) in [5.74, 6) is 0.371. The molecule has 27 heavy (non-hydrogen) atoms. The van der Waals surface area contributed by atoms with E-state index in [9.17, 15) is 13.2 Å². The second-order valence-corrected chi connectivity index (χ2v) is 8.72. The van der Waals surface area contributed by atoms with Crippen molar-refractivity contribution in [2.45, 2.75) is 23.7 Å². The van der Waals surface area contributed by atoms with Crippen molar-refractivity contribution >= 4 is 33.2 Å². The number of amides is 1. The lowest BCUT2D eigenvalue weighted by Gasteiger charge is -2.31. The SMILES string of the molecule is NS(=O)(=O)c1ccc(NC(=O)CN2CCC(c3ccc(Cl)cc3)CC2)cc1. The first-order chi connectivity index (χ1) is 12.8. The fraction of sp³-hybridized carbons (Fsp3) is 0.316. The normalized spacial score (nSPS) is 16.2. The smallest absolute Gasteiger partial charge is 0.238 e. The number of sulfonamides is 1. The molecule has 8 heteroatoms. The number of hydrogen-bond donors (Lipinski definition) is 2. The molecular formula is C19H22ClN3O3S. The van der Waals surface area contributed by atoms with Crippen molar-refractivity contribution in [2.75, 3.05) is 25.0 Å². The Morgan fingerprint density at radius 2 is 1.67 bits per heavy atom. The number of carbonyl (C=O) groups excluding carboxylic acids is 1. The van der Waals surface area contributed by atoms with E-state index in [1.54, 1.807) is 0 Å². The Labute approximate surface area is 164 Å². The highest BCUT2D eigenvalue weighted by Gasteiger charge is 2.22. The van der Waals surface area contributed by atoms with E-state index in [-0.39, 0.29) is 10.8 Å². The molecule has 1 fully saturated rings. The molecule has 1 aliphatic heterocycles. The maximum absolute atomic E-state index is 12.2. The first-order valence-corrected chi connectivity index (χ1v) is 10.6. The molecule has 2 aromatic carbocycles. The first kappa shape index (κ1) is 19.8. The van der Waals surface area contributed by atoms with Crippen LogP contribution >= 0.6 is 11.6 Å². The van der Waals surface area contributed by atoms with E-state index < -0.39 is 10.0 Å². The zero-order valence-electron chi connectivity index (χ0n) is 14.8. The second kappa shape index (κ2) is 8.39. The summed E-state index contributed by atoms with van der Waals surface area (Å²) in [6, 6.07) is 13.8. The van der Waals surface area contributed by atoms with Crippen LogP contribution in [-0.4, -0.2) is 38.9 Å². The van der Waals surface area contributed by atoms with E-state index in [0.717, 1.165) is 31.0 Å². The zero-order valence-corrected chi connectivity index (χ0v) is 16.3. The summed E-state index contributed by atoms with van der Waals surface area (Å²) in [5.41, 5.74) is 1.84. The number of piperidine rings is 1. The highest BCUT2D eigenvalue weighted by molar-refractivity contribution is 7.89. The fourth-order valence-electron chi connectivity index (χ4n) is 3.29. The Kier molecular flexibility index (Phi) is 6.16. The Balaban J connectivity index is 1.48. The van der Waals surface area contributed by atoms with Crippen molar-refractivity contribution in [3.05, 3.63) is 59.1 Å². The number of likely N-dealkylation sites (tertiary alicyclic amines) is 1. The van der Waals surface area contributed by atoms with Gasteiger partial charge in [-0.3, -0.25) is 9.69 Å². The van der Waals surface area contributed by atoms with Gasteiger partial charge in [0.05, 0.1) is 11.4 Å². The molecule has 0 aromatic heterocycles. The van der Waals surface area contributed by atoms with Crippen molar-refractivity contribution in [2.24, 2.45) is 5.14 Å². The number of benzene rings is 2. The van der Waals surface area contributed by atoms with Gasteiger partial charge in [0.2, 0.25) is 15.9 Å². The molecule has 0 atom stereocenters. The molecule has 6 nitrogen and oxygen atoms in total. The summed E-state index contributed by atoms with van der Waals surface area (Å²) in [4.78, 5) is 14.4. The maximum Gasteiger partial charge on any atom is 0.238 e. The number of carbonyl (C=O) groups is 1. The quantitative estimate of drug-likeness (QED) is 0.797. The molecule has 0 bridgehead atoms. The molecule has 3 N–H and O–H groups in total. The number of nitrogens with two attached hydrogens (primary N) is 1. The Morgan fingerprint density at radius 3 is 2.22 bits per heavy atom. The molecule has 1 aliphatic rings. The van der Waals surface area contributed by atoms with Gasteiger partial charge < -0.3 is 5.32 Å². The molecule has 1 heterocycles. The van der Waals surface area contributed by atoms with Crippen LogP contribution in [0.2, 0.25) is 5.02 Å². The third-order valence-electron chi connectivity index (χ3n) is 4.76. The summed E-state index contributed by atoms with van der Waals surface area (Å²) >= 11 is 5.94. The number of rotatable bonds is 5. The van der Waals surface area contributed by atoms with Crippen molar-refractivity contribution in [1.29, 1.82) is 0 Å². The van der Waals surface area contributed by atoms with Crippen LogP contribution in [0.5, 0.6) is 0 Å². The average Bonchev–Trinajstić information content (AvgIpc) is 2.63. The third kappa shape index (κ3) is 5.52. The van der Waals surface area contributed by atoms with Gasteiger partial charge >= 0.3 is 0 Å². The van der Waals surface area contributed by atoms with Crippen LogP contribution in [0, 0.1) is 0 Å². The summed E-state index contributed by atoms with van der Waals surface area (Å²) in [5, 5.41) is 8.59. The van der Waals surface area contributed by atoms with E-state index in [0.29, 0.717) is 18.2 Å². The highest BCUT2D eigenvalue weighted by Crippen LogP contribution is 2.28. The van der Waals surface area contributed by atoms with Gasteiger partial charge in [-0.05, 0) is 73.8 Å². The molecular weight excluding hydrogens is 386 g/mol. The largest absolute Gasteiger partial charge is 0.325 e. The van der Waals surface area contributed by atoms with E-state index >= 15 is 0 Å². The van der Waals surface area contributed by atoms with Crippen LogP contribution in [-0.2, 0) is 14.8 Å². The Bertz CT molecular complexity index is 891. The lowest BCUT2D eigenvalue weighted by atomic mass is 9.89. The van der Waals surface area contributed by atoms with Crippen molar-refractivity contribution < 1.29 is 13.2 Å². The summed E-state index contributed by atoms with van der Waals surface area (Å²) in [7, 11) is -3.73. The van der Waals surface area contributed by atoms with E-state index in [2.05, 4.69) is 22.3 Å². The van der Waals surface area contributed by atoms with Gasteiger partial charge in [-0.2, -0.15) is 0 Å². The molecule has 1 amide bonds. The van der Waals surface area contributed by atoms with Crippen LogP contribution in [0.4, 0.5) is 5.69 Å². The summed E-state index contributed by atoms with van der Waals surface area (Å²) in [6.07, 6.45) is 2.00. The predicted molar refractivity (Wildman–Crippen MR) is 106 cm³/mol. The van der Waals surface area contributed by atoms with Crippen LogP contribution in [0.1, 0.15) is 24.3 Å². The van der Waals surface area contributed by atoms with Gasteiger partial charge in [-0.25, -0.2) is 13.6 Å². The molecule has 1 saturated heterocycles. The first-order valence-electron chi connectivity index (χ1n) is 8.72. The summed E-state index contributed by atoms with van der Waals surface area (Å²) < 4.78 is 22.5. The van der Waals surface area contributed by atoms with Crippen LogP contribution in [0.15, 0.2) is 53.4 Å². The molecule has 0 aliphatic carbocycles. The van der Waals surface area contributed by atoms with Crippen molar-refractivity contribution in [3.8, 4) is 0 Å². The highest BCUT2D eigenvalue weighted by atomic mass is 35.5. The number of nitrogens with one attached hydrogen (secondary N) is 1. The van der Waals surface area contributed by atoms with Crippen molar-refractivity contribution in [1.82, 2.24) is 4.90 Å². The molecule has 0 unspecified atom stereocenters. The monoisotopic (exact) mass is 407 g/mol. The Morgan fingerprint density at radius 1 is 1.07 bits per heavy atom. The van der Waals surface area contributed by atoms with Crippen LogP contribution < -0.4 is 10.5 Å². The van der Waals surface area contributed by atoms with Crippen LogP contribution in [0.25, 0.3) is 0 Å².